The molecule has 2 atom stereocenters. The maximum atomic E-state index is 13.1. The zero-order valence-corrected chi connectivity index (χ0v) is 25.8. The standard InChI is InChI=1S/C33H38ClN3O2.C2H6/c1-23-5-3-6-24-7-4-17-33(20-23,18-16-24)21-29-32(37-31(38)19-25-8-12-27(34)13-9-25)35-22-30(36-29)26-10-14-28(39-2)15-11-26;1-2/h7-15,22-23H,3-6,16-21H2,1-2H3,(H,35,37,38);1-2H3. The fraction of sp³-hybridized carbons (Fsp3) is 0.457. The molecule has 3 aromatic rings. The van der Waals surface area contributed by atoms with Gasteiger partial charge in [0.1, 0.15) is 5.75 Å². The van der Waals surface area contributed by atoms with Crippen molar-refractivity contribution in [3.63, 3.8) is 0 Å². The van der Waals surface area contributed by atoms with Gasteiger partial charge in [-0.25, -0.2) is 9.97 Å². The molecule has 2 bridgehead atoms. The highest BCUT2D eigenvalue weighted by atomic mass is 35.5. The second-order valence-corrected chi connectivity index (χ2v) is 11.8. The lowest BCUT2D eigenvalue weighted by atomic mass is 9.70. The molecule has 0 radical (unpaired) electrons. The minimum absolute atomic E-state index is 0.102. The zero-order chi connectivity index (χ0) is 29.2. The van der Waals surface area contributed by atoms with E-state index in [9.17, 15) is 4.79 Å². The van der Waals surface area contributed by atoms with Crippen LogP contribution in [0, 0.1) is 11.3 Å². The van der Waals surface area contributed by atoms with Gasteiger partial charge in [0.15, 0.2) is 5.82 Å². The number of fused-ring (bicyclic) bond motifs is 3. The van der Waals surface area contributed by atoms with Gasteiger partial charge < -0.3 is 10.1 Å². The molecule has 1 saturated carbocycles. The lowest BCUT2D eigenvalue weighted by Crippen LogP contribution is -2.28. The maximum absolute atomic E-state index is 13.1. The molecule has 1 heterocycles. The molecule has 1 aromatic heterocycles. The lowest BCUT2D eigenvalue weighted by molar-refractivity contribution is -0.115. The van der Waals surface area contributed by atoms with Crippen LogP contribution in [0.15, 0.2) is 66.4 Å². The molecule has 2 unspecified atom stereocenters. The summed E-state index contributed by atoms with van der Waals surface area (Å²) in [4.78, 5) is 23.0. The highest BCUT2D eigenvalue weighted by Crippen LogP contribution is 2.46. The molecule has 0 spiro atoms. The topological polar surface area (TPSA) is 64.1 Å². The second kappa shape index (κ2) is 14.6. The number of allylic oxidation sites excluding steroid dienone is 2. The highest BCUT2D eigenvalue weighted by molar-refractivity contribution is 6.30. The van der Waals surface area contributed by atoms with Crippen LogP contribution in [0.1, 0.15) is 83.4 Å². The fourth-order valence-electron chi connectivity index (χ4n) is 6.31. The fourth-order valence-corrected chi connectivity index (χ4v) is 6.44. The summed E-state index contributed by atoms with van der Waals surface area (Å²) in [6.07, 6.45) is 14.9. The van der Waals surface area contributed by atoms with Crippen molar-refractivity contribution in [3.05, 3.63) is 82.7 Å². The van der Waals surface area contributed by atoms with Crippen LogP contribution in [-0.4, -0.2) is 23.0 Å². The molecule has 1 amide bonds. The Morgan fingerprint density at radius 3 is 2.56 bits per heavy atom. The van der Waals surface area contributed by atoms with E-state index in [2.05, 4.69) is 18.3 Å². The summed E-state index contributed by atoms with van der Waals surface area (Å²) >= 11 is 6.03. The number of rotatable bonds is 7. The number of nitrogens with one attached hydrogen (secondary N) is 1. The normalized spacial score (nSPS) is 20.3. The van der Waals surface area contributed by atoms with Crippen molar-refractivity contribution < 1.29 is 9.53 Å². The van der Waals surface area contributed by atoms with Crippen molar-refractivity contribution in [1.29, 1.82) is 0 Å². The Balaban J connectivity index is 0.00000189. The van der Waals surface area contributed by atoms with Crippen LogP contribution in [-0.2, 0) is 17.6 Å². The van der Waals surface area contributed by atoms with Crippen LogP contribution >= 0.6 is 11.6 Å². The first-order valence-electron chi connectivity index (χ1n) is 15.1. The number of anilines is 1. The van der Waals surface area contributed by atoms with Crippen LogP contribution < -0.4 is 10.1 Å². The Hall–Kier alpha value is -3.18. The summed E-state index contributed by atoms with van der Waals surface area (Å²) in [5, 5.41) is 3.76. The Morgan fingerprint density at radius 2 is 1.83 bits per heavy atom. The first-order chi connectivity index (χ1) is 19.9. The summed E-state index contributed by atoms with van der Waals surface area (Å²) in [5.74, 6) is 1.95. The molecule has 0 saturated heterocycles. The molecule has 2 aliphatic rings. The predicted molar refractivity (Wildman–Crippen MR) is 169 cm³/mol. The van der Waals surface area contributed by atoms with Crippen LogP contribution in [0.25, 0.3) is 11.3 Å². The number of aromatic nitrogens is 2. The number of carbonyl (C=O) groups is 1. The van der Waals surface area contributed by atoms with Crippen LogP contribution in [0.5, 0.6) is 5.75 Å². The van der Waals surface area contributed by atoms with Gasteiger partial charge in [-0.05, 0) is 105 Å². The number of amides is 1. The van der Waals surface area contributed by atoms with Gasteiger partial charge in [-0.1, -0.05) is 62.6 Å². The molecule has 1 N–H and O–H groups in total. The van der Waals surface area contributed by atoms with E-state index in [0.29, 0.717) is 16.8 Å². The van der Waals surface area contributed by atoms with Gasteiger partial charge in [-0.2, -0.15) is 0 Å². The van der Waals surface area contributed by atoms with E-state index in [1.54, 1.807) is 18.9 Å². The molecule has 1 fully saturated rings. The summed E-state index contributed by atoms with van der Waals surface area (Å²) in [7, 11) is 1.67. The van der Waals surface area contributed by atoms with Crippen molar-refractivity contribution >= 4 is 23.3 Å². The number of carbonyl (C=O) groups excluding carboxylic acids is 1. The summed E-state index contributed by atoms with van der Waals surface area (Å²) < 4.78 is 5.34. The SMILES string of the molecule is CC.COc1ccc(-c2cnc(NC(=O)Cc3ccc(Cl)cc3)c(CC34CCC=C(CCCC(C)C3)CC4)n2)cc1. The van der Waals surface area contributed by atoms with E-state index in [0.717, 1.165) is 60.4 Å². The molecule has 5 rings (SSSR count). The van der Waals surface area contributed by atoms with Crippen LogP contribution in [0.2, 0.25) is 5.02 Å². The molecule has 0 aliphatic heterocycles. The number of ether oxygens (including phenoxy) is 1. The Morgan fingerprint density at radius 1 is 1.07 bits per heavy atom. The third-order valence-electron chi connectivity index (χ3n) is 8.37. The van der Waals surface area contributed by atoms with Crippen molar-refractivity contribution in [1.82, 2.24) is 9.97 Å². The first-order valence-corrected chi connectivity index (χ1v) is 15.5. The molecular weight excluding hydrogens is 530 g/mol. The molecule has 218 valence electrons. The Bertz CT molecular complexity index is 1320. The minimum atomic E-state index is -0.102. The molecule has 41 heavy (non-hydrogen) atoms. The van der Waals surface area contributed by atoms with Crippen molar-refractivity contribution in [3.8, 4) is 17.0 Å². The lowest BCUT2D eigenvalue weighted by Gasteiger charge is -2.35. The zero-order valence-electron chi connectivity index (χ0n) is 25.0. The van der Waals surface area contributed by atoms with Gasteiger partial charge in [-0.15, -0.1) is 0 Å². The second-order valence-electron chi connectivity index (χ2n) is 11.4. The molecule has 2 aromatic carbocycles. The third-order valence-corrected chi connectivity index (χ3v) is 8.62. The number of halogens is 1. The first kappa shape index (κ1) is 30.8. The van der Waals surface area contributed by atoms with Crippen LogP contribution in [0.4, 0.5) is 5.82 Å². The summed E-state index contributed by atoms with van der Waals surface area (Å²) in [6, 6.07) is 15.3. The summed E-state index contributed by atoms with van der Waals surface area (Å²) in [5.41, 5.74) is 5.35. The largest absolute Gasteiger partial charge is 0.497 e. The van der Waals surface area contributed by atoms with Crippen molar-refractivity contribution in [2.75, 3.05) is 12.4 Å². The smallest absolute Gasteiger partial charge is 0.229 e. The Kier molecular flexibility index (Phi) is 11.0. The van der Waals surface area contributed by atoms with E-state index in [1.807, 2.05) is 62.4 Å². The van der Waals surface area contributed by atoms with Gasteiger partial charge in [-0.3, -0.25) is 4.79 Å². The van der Waals surface area contributed by atoms with Gasteiger partial charge in [0.05, 0.1) is 31.1 Å². The van der Waals surface area contributed by atoms with Gasteiger partial charge >= 0.3 is 0 Å². The highest BCUT2D eigenvalue weighted by Gasteiger charge is 2.35. The number of methoxy groups -OCH3 is 1. The molecule has 2 aliphatic carbocycles. The van der Waals surface area contributed by atoms with Crippen molar-refractivity contribution in [2.45, 2.75) is 85.0 Å². The monoisotopic (exact) mass is 573 g/mol. The number of hydrogen-bond acceptors (Lipinski definition) is 4. The molecule has 6 heteroatoms. The quantitative estimate of drug-likeness (QED) is 0.286. The van der Waals surface area contributed by atoms with Gasteiger partial charge in [0.25, 0.3) is 0 Å². The van der Waals surface area contributed by atoms with E-state index >= 15 is 0 Å². The number of benzene rings is 2. The third kappa shape index (κ3) is 8.42. The number of nitrogens with zero attached hydrogens (tertiary/aromatic N) is 2. The number of hydrogen-bond donors (Lipinski definition) is 1. The van der Waals surface area contributed by atoms with Gasteiger partial charge in [0, 0.05) is 10.6 Å². The van der Waals surface area contributed by atoms with Gasteiger partial charge in [0.2, 0.25) is 5.91 Å². The van der Waals surface area contributed by atoms with E-state index < -0.39 is 0 Å². The molecule has 5 nitrogen and oxygen atoms in total. The summed E-state index contributed by atoms with van der Waals surface area (Å²) in [6.45, 7) is 6.40. The average Bonchev–Trinajstić information content (AvgIpc) is 3.14. The van der Waals surface area contributed by atoms with E-state index in [-0.39, 0.29) is 17.7 Å². The van der Waals surface area contributed by atoms with E-state index in [1.165, 1.54) is 25.7 Å². The minimum Gasteiger partial charge on any atom is -0.497 e. The predicted octanol–water partition coefficient (Wildman–Crippen LogP) is 9.25. The molecular formula is C35H44ClN3O2. The van der Waals surface area contributed by atoms with E-state index in [4.69, 9.17) is 26.3 Å². The van der Waals surface area contributed by atoms with Crippen LogP contribution in [0.3, 0.4) is 0 Å². The maximum Gasteiger partial charge on any atom is 0.229 e. The average molecular weight is 574 g/mol. The van der Waals surface area contributed by atoms with Crippen molar-refractivity contribution in [2.24, 2.45) is 11.3 Å². The Labute approximate surface area is 250 Å².